The molecular formula is C27H25Cl2N3O2. The Balaban J connectivity index is 1.37. The van der Waals surface area contributed by atoms with Crippen LogP contribution in [0.3, 0.4) is 0 Å². The van der Waals surface area contributed by atoms with Crippen LogP contribution in [-0.2, 0) is 4.79 Å². The van der Waals surface area contributed by atoms with Crippen molar-refractivity contribution in [2.75, 3.05) is 25.5 Å². The van der Waals surface area contributed by atoms with Crippen LogP contribution in [0.4, 0.5) is 5.82 Å². The molecule has 0 unspecified atom stereocenters. The second kappa shape index (κ2) is 11.2. The van der Waals surface area contributed by atoms with Crippen molar-refractivity contribution < 1.29 is 9.53 Å². The summed E-state index contributed by atoms with van der Waals surface area (Å²) in [7, 11) is 1.65. The van der Waals surface area contributed by atoms with E-state index in [4.69, 9.17) is 27.9 Å². The third-order valence-electron chi connectivity index (χ3n) is 5.53. The summed E-state index contributed by atoms with van der Waals surface area (Å²) in [6.45, 7) is 1.18. The van der Waals surface area contributed by atoms with E-state index in [-0.39, 0.29) is 5.91 Å². The molecule has 4 rings (SSSR count). The number of nitrogens with zero attached hydrogens (tertiary/aromatic N) is 1. The molecule has 0 radical (unpaired) electrons. The summed E-state index contributed by atoms with van der Waals surface area (Å²) in [6.07, 6.45) is 0.733. The Hall–Kier alpha value is -3.28. The Morgan fingerprint density at radius 3 is 2.15 bits per heavy atom. The fourth-order valence-corrected chi connectivity index (χ4v) is 4.08. The van der Waals surface area contributed by atoms with E-state index in [0.717, 1.165) is 40.0 Å². The largest absolute Gasteiger partial charge is 0.496 e. The molecule has 0 fully saturated rings. The monoisotopic (exact) mass is 493 g/mol. The minimum Gasteiger partial charge on any atom is -0.496 e. The van der Waals surface area contributed by atoms with Crippen molar-refractivity contribution >= 4 is 45.8 Å². The smallest absolute Gasteiger partial charge is 0.232 e. The van der Waals surface area contributed by atoms with Crippen molar-refractivity contribution in [1.29, 1.82) is 0 Å². The number of fused-ring (bicyclic) bond motifs is 1. The number of methoxy groups -OCH3 is 1. The van der Waals surface area contributed by atoms with Gasteiger partial charge < -0.3 is 15.4 Å². The Kier molecular flexibility index (Phi) is 7.88. The van der Waals surface area contributed by atoms with Gasteiger partial charge in [-0.05, 0) is 53.9 Å². The van der Waals surface area contributed by atoms with Gasteiger partial charge in [0.15, 0.2) is 0 Å². The lowest BCUT2D eigenvalue weighted by molar-refractivity contribution is -0.121. The number of nitrogens with one attached hydrogen (secondary N) is 2. The van der Waals surface area contributed by atoms with E-state index < -0.39 is 5.92 Å². The van der Waals surface area contributed by atoms with Crippen LogP contribution in [0.1, 0.15) is 23.5 Å². The first-order valence-corrected chi connectivity index (χ1v) is 11.8. The van der Waals surface area contributed by atoms with Crippen molar-refractivity contribution in [2.45, 2.75) is 12.3 Å². The number of carbonyl (C=O) groups excluding carboxylic acids is 1. The second-order valence-electron chi connectivity index (χ2n) is 7.83. The number of hydrogen-bond donors (Lipinski definition) is 2. The number of anilines is 1. The van der Waals surface area contributed by atoms with Crippen molar-refractivity contribution in [3.63, 3.8) is 0 Å². The number of amides is 1. The Labute approximate surface area is 209 Å². The van der Waals surface area contributed by atoms with E-state index in [2.05, 4.69) is 15.6 Å². The first-order chi connectivity index (χ1) is 16.5. The van der Waals surface area contributed by atoms with Crippen LogP contribution < -0.4 is 15.4 Å². The molecule has 174 valence electrons. The standard InChI is InChI=1S/C27H25Cl2N3O2/c1-34-24-17-25(32-23-6-3-2-5-22(23)24)30-15-4-16-31-27(33)26(18-7-11-20(28)12-8-18)19-9-13-21(29)14-10-19/h2-3,5-14,17,26H,4,15-16H2,1H3,(H,30,32)(H,31,33). The number of rotatable bonds is 9. The number of carbonyl (C=O) groups is 1. The van der Waals surface area contributed by atoms with Gasteiger partial charge in [0, 0.05) is 34.6 Å². The summed E-state index contributed by atoms with van der Waals surface area (Å²) in [5.41, 5.74) is 2.61. The SMILES string of the molecule is COc1cc(NCCCNC(=O)C(c2ccc(Cl)cc2)c2ccc(Cl)cc2)nc2ccccc12. The number of hydrogen-bond acceptors (Lipinski definition) is 4. The molecular weight excluding hydrogens is 469 g/mol. The molecule has 0 saturated carbocycles. The predicted octanol–water partition coefficient (Wildman–Crippen LogP) is 6.30. The summed E-state index contributed by atoms with van der Waals surface area (Å²) in [4.78, 5) is 17.8. The minimum absolute atomic E-state index is 0.0739. The van der Waals surface area contributed by atoms with E-state index in [1.165, 1.54) is 0 Å². The molecule has 34 heavy (non-hydrogen) atoms. The average molecular weight is 494 g/mol. The molecule has 1 heterocycles. The van der Waals surface area contributed by atoms with Crippen LogP contribution in [0, 0.1) is 0 Å². The highest BCUT2D eigenvalue weighted by molar-refractivity contribution is 6.30. The van der Waals surface area contributed by atoms with E-state index in [9.17, 15) is 4.79 Å². The fraction of sp³-hybridized carbons (Fsp3) is 0.185. The van der Waals surface area contributed by atoms with Gasteiger partial charge in [0.05, 0.1) is 18.5 Å². The summed E-state index contributed by atoms with van der Waals surface area (Å²) < 4.78 is 5.50. The maximum atomic E-state index is 13.2. The third-order valence-corrected chi connectivity index (χ3v) is 6.03. The van der Waals surface area contributed by atoms with Gasteiger partial charge in [-0.3, -0.25) is 4.79 Å². The molecule has 1 aromatic heterocycles. The highest BCUT2D eigenvalue weighted by Gasteiger charge is 2.22. The topological polar surface area (TPSA) is 63.2 Å². The summed E-state index contributed by atoms with van der Waals surface area (Å²) >= 11 is 12.1. The molecule has 0 aliphatic heterocycles. The van der Waals surface area contributed by atoms with Crippen LogP contribution in [0.2, 0.25) is 10.0 Å². The molecule has 0 bridgehead atoms. The van der Waals surface area contributed by atoms with Crippen LogP contribution >= 0.6 is 23.2 Å². The van der Waals surface area contributed by atoms with Crippen molar-refractivity contribution in [3.05, 3.63) is 100 Å². The van der Waals surface area contributed by atoms with E-state index >= 15 is 0 Å². The zero-order valence-corrected chi connectivity index (χ0v) is 20.2. The fourth-order valence-electron chi connectivity index (χ4n) is 3.83. The Bertz CT molecular complexity index is 1220. The predicted molar refractivity (Wildman–Crippen MR) is 139 cm³/mol. The van der Waals surface area contributed by atoms with Gasteiger partial charge in [-0.25, -0.2) is 4.98 Å². The van der Waals surface area contributed by atoms with Gasteiger partial charge in [0.1, 0.15) is 11.6 Å². The minimum atomic E-state index is -0.450. The Morgan fingerprint density at radius 2 is 1.53 bits per heavy atom. The highest BCUT2D eigenvalue weighted by Crippen LogP contribution is 2.28. The molecule has 7 heteroatoms. The molecule has 0 saturated heterocycles. The van der Waals surface area contributed by atoms with Gasteiger partial charge >= 0.3 is 0 Å². The lowest BCUT2D eigenvalue weighted by atomic mass is 9.90. The van der Waals surface area contributed by atoms with E-state index in [1.54, 1.807) is 31.4 Å². The van der Waals surface area contributed by atoms with E-state index in [0.29, 0.717) is 23.1 Å². The molecule has 0 atom stereocenters. The quantitative estimate of drug-likeness (QED) is 0.268. The normalized spacial score (nSPS) is 10.9. The van der Waals surface area contributed by atoms with Crippen LogP contribution in [0.5, 0.6) is 5.75 Å². The maximum absolute atomic E-state index is 13.2. The lowest BCUT2D eigenvalue weighted by Crippen LogP contribution is -2.31. The van der Waals surface area contributed by atoms with Gasteiger partial charge in [0.25, 0.3) is 0 Å². The third kappa shape index (κ3) is 5.79. The summed E-state index contributed by atoms with van der Waals surface area (Å²) in [5, 5.41) is 8.60. The van der Waals surface area contributed by atoms with Crippen molar-refractivity contribution in [2.24, 2.45) is 0 Å². The number of pyridine rings is 1. The number of para-hydroxylation sites is 1. The molecule has 2 N–H and O–H groups in total. The van der Waals surface area contributed by atoms with E-state index in [1.807, 2.05) is 54.6 Å². The van der Waals surface area contributed by atoms with Crippen molar-refractivity contribution in [1.82, 2.24) is 10.3 Å². The van der Waals surface area contributed by atoms with Gasteiger partial charge in [-0.15, -0.1) is 0 Å². The summed E-state index contributed by atoms with van der Waals surface area (Å²) in [6, 6.07) is 24.4. The molecule has 1 amide bonds. The zero-order valence-electron chi connectivity index (χ0n) is 18.7. The maximum Gasteiger partial charge on any atom is 0.232 e. The van der Waals surface area contributed by atoms with Gasteiger partial charge in [-0.1, -0.05) is 59.6 Å². The van der Waals surface area contributed by atoms with Crippen LogP contribution in [0.15, 0.2) is 78.9 Å². The first-order valence-electron chi connectivity index (χ1n) is 11.0. The number of aromatic nitrogens is 1. The molecule has 0 aliphatic rings. The average Bonchev–Trinajstić information content (AvgIpc) is 2.85. The summed E-state index contributed by atoms with van der Waals surface area (Å²) in [5.74, 6) is 0.987. The highest BCUT2D eigenvalue weighted by atomic mass is 35.5. The number of halogens is 2. The number of ether oxygens (including phenoxy) is 1. The first kappa shape index (κ1) is 23.9. The second-order valence-corrected chi connectivity index (χ2v) is 8.71. The molecule has 3 aromatic carbocycles. The lowest BCUT2D eigenvalue weighted by Gasteiger charge is -2.18. The van der Waals surface area contributed by atoms with Crippen LogP contribution in [0.25, 0.3) is 10.9 Å². The van der Waals surface area contributed by atoms with Crippen molar-refractivity contribution in [3.8, 4) is 5.75 Å². The number of benzene rings is 3. The molecule has 5 nitrogen and oxygen atoms in total. The van der Waals surface area contributed by atoms with Crippen LogP contribution in [-0.4, -0.2) is 31.1 Å². The van der Waals surface area contributed by atoms with Gasteiger partial charge in [-0.2, -0.15) is 0 Å². The zero-order chi connectivity index (χ0) is 23.9. The Morgan fingerprint density at radius 1 is 0.912 bits per heavy atom. The molecule has 0 aliphatic carbocycles. The molecule has 0 spiro atoms. The molecule has 4 aromatic rings. The van der Waals surface area contributed by atoms with Gasteiger partial charge in [0.2, 0.25) is 5.91 Å².